The summed E-state index contributed by atoms with van der Waals surface area (Å²) < 4.78 is 1.97. The molecule has 5 rings (SSSR count). The van der Waals surface area contributed by atoms with Gasteiger partial charge in [0.1, 0.15) is 0 Å². The van der Waals surface area contributed by atoms with Crippen LogP contribution < -0.4 is 5.32 Å². The molecule has 0 aliphatic heterocycles. The van der Waals surface area contributed by atoms with E-state index in [0.29, 0.717) is 22.5 Å². The fraction of sp³-hybridized carbons (Fsp3) is 0.115. The van der Waals surface area contributed by atoms with Gasteiger partial charge in [0.2, 0.25) is 5.91 Å². The average molecular weight is 488 g/mol. The van der Waals surface area contributed by atoms with E-state index in [1.165, 1.54) is 17.3 Å². The molecule has 0 unspecified atom stereocenters. The van der Waals surface area contributed by atoms with E-state index < -0.39 is 0 Å². The highest BCUT2D eigenvalue weighted by atomic mass is 35.5. The summed E-state index contributed by atoms with van der Waals surface area (Å²) in [5, 5.41) is 14.3. The summed E-state index contributed by atoms with van der Waals surface area (Å²) in [6.07, 6.45) is 2.73. The molecule has 0 saturated carbocycles. The smallest absolute Gasteiger partial charge is 0.230 e. The van der Waals surface area contributed by atoms with Crippen molar-refractivity contribution in [3.63, 3.8) is 0 Å². The van der Waals surface area contributed by atoms with Crippen LogP contribution in [0.2, 0.25) is 5.02 Å². The van der Waals surface area contributed by atoms with Crippen LogP contribution in [0.4, 0.5) is 0 Å². The number of H-pyrrole nitrogens is 1. The topological polar surface area (TPSA) is 75.6 Å². The lowest BCUT2D eigenvalue weighted by Crippen LogP contribution is -2.27. The highest BCUT2D eigenvalue weighted by molar-refractivity contribution is 7.99. The molecule has 0 saturated heterocycles. The van der Waals surface area contributed by atoms with Gasteiger partial charge in [-0.05, 0) is 42.3 Å². The normalized spacial score (nSPS) is 11.1. The Morgan fingerprint density at radius 3 is 2.56 bits per heavy atom. The van der Waals surface area contributed by atoms with Crippen LogP contribution in [0.1, 0.15) is 5.56 Å². The number of thioether (sulfide) groups is 1. The van der Waals surface area contributed by atoms with Gasteiger partial charge in [0.15, 0.2) is 11.0 Å². The molecular weight excluding hydrogens is 466 g/mol. The molecule has 34 heavy (non-hydrogen) atoms. The van der Waals surface area contributed by atoms with Crippen molar-refractivity contribution in [1.29, 1.82) is 0 Å². The number of aromatic nitrogens is 4. The number of nitrogens with one attached hydrogen (secondary N) is 2. The van der Waals surface area contributed by atoms with Gasteiger partial charge in [-0.3, -0.25) is 9.36 Å². The number of para-hydroxylation sites is 1. The van der Waals surface area contributed by atoms with Crippen molar-refractivity contribution < 1.29 is 4.79 Å². The van der Waals surface area contributed by atoms with E-state index in [9.17, 15) is 4.79 Å². The van der Waals surface area contributed by atoms with E-state index in [1.807, 2.05) is 71.4 Å². The Kier molecular flexibility index (Phi) is 6.65. The molecule has 8 heteroatoms. The Balaban J connectivity index is 1.37. The summed E-state index contributed by atoms with van der Waals surface area (Å²) in [4.78, 5) is 15.8. The first kappa shape index (κ1) is 22.3. The maximum absolute atomic E-state index is 12.5. The lowest BCUT2D eigenvalue weighted by Gasteiger charge is -2.10. The first-order valence-corrected chi connectivity index (χ1v) is 12.3. The van der Waals surface area contributed by atoms with Crippen LogP contribution in [0.15, 0.2) is 90.2 Å². The zero-order valence-corrected chi connectivity index (χ0v) is 19.8. The van der Waals surface area contributed by atoms with Crippen molar-refractivity contribution in [1.82, 2.24) is 25.1 Å². The number of nitrogens with zero attached hydrogens (tertiary/aromatic N) is 3. The van der Waals surface area contributed by atoms with E-state index in [4.69, 9.17) is 11.6 Å². The Hall–Kier alpha value is -3.55. The number of hydrogen-bond donors (Lipinski definition) is 2. The van der Waals surface area contributed by atoms with Gasteiger partial charge in [0.25, 0.3) is 0 Å². The second kappa shape index (κ2) is 10.2. The Morgan fingerprint density at radius 2 is 1.74 bits per heavy atom. The third-order valence-electron chi connectivity index (χ3n) is 5.46. The van der Waals surface area contributed by atoms with Gasteiger partial charge >= 0.3 is 0 Å². The first-order chi connectivity index (χ1) is 16.7. The van der Waals surface area contributed by atoms with E-state index in [-0.39, 0.29) is 11.7 Å². The molecule has 2 N–H and O–H groups in total. The van der Waals surface area contributed by atoms with Crippen LogP contribution in [0, 0.1) is 0 Å². The lowest BCUT2D eigenvalue weighted by molar-refractivity contribution is -0.118. The number of carbonyl (C=O) groups is 1. The molecule has 170 valence electrons. The minimum Gasteiger partial charge on any atom is -0.360 e. The maximum Gasteiger partial charge on any atom is 0.230 e. The van der Waals surface area contributed by atoms with Crippen LogP contribution in [0.3, 0.4) is 0 Å². The minimum absolute atomic E-state index is 0.0415. The number of benzene rings is 3. The number of rotatable bonds is 8. The molecule has 0 bridgehead atoms. The zero-order chi connectivity index (χ0) is 23.3. The second-order valence-corrected chi connectivity index (χ2v) is 9.12. The Bertz CT molecular complexity index is 1410. The molecule has 2 aromatic heterocycles. The molecule has 0 aliphatic rings. The summed E-state index contributed by atoms with van der Waals surface area (Å²) >= 11 is 7.48. The maximum atomic E-state index is 12.5. The van der Waals surface area contributed by atoms with E-state index in [0.717, 1.165) is 28.6 Å². The summed E-state index contributed by atoms with van der Waals surface area (Å²) in [5.41, 5.74) is 4.04. The number of aromatic amines is 1. The molecule has 0 atom stereocenters. The number of fused-ring (bicyclic) bond motifs is 1. The Labute approximate surface area is 206 Å². The van der Waals surface area contributed by atoms with E-state index in [2.05, 4.69) is 38.7 Å². The van der Waals surface area contributed by atoms with Crippen LogP contribution in [0.25, 0.3) is 28.0 Å². The molecule has 0 spiro atoms. The van der Waals surface area contributed by atoms with Gasteiger partial charge < -0.3 is 10.3 Å². The highest BCUT2D eigenvalue weighted by Crippen LogP contribution is 2.32. The molecule has 5 aromatic rings. The average Bonchev–Trinajstić information content (AvgIpc) is 3.48. The molecule has 1 amide bonds. The number of carbonyl (C=O) groups excluding carboxylic acids is 1. The van der Waals surface area contributed by atoms with Crippen LogP contribution in [-0.2, 0) is 11.2 Å². The third kappa shape index (κ3) is 4.85. The number of amides is 1. The predicted octanol–water partition coefficient (Wildman–Crippen LogP) is 5.52. The minimum atomic E-state index is -0.0415. The zero-order valence-electron chi connectivity index (χ0n) is 18.2. The summed E-state index contributed by atoms with van der Waals surface area (Å²) in [6.45, 7) is 0.591. The largest absolute Gasteiger partial charge is 0.360 e. The van der Waals surface area contributed by atoms with Gasteiger partial charge in [-0.1, -0.05) is 71.9 Å². The number of halogens is 1. The van der Waals surface area contributed by atoms with Crippen molar-refractivity contribution in [3.8, 4) is 17.1 Å². The molecule has 3 aromatic carbocycles. The quantitative estimate of drug-likeness (QED) is 0.282. The van der Waals surface area contributed by atoms with Gasteiger partial charge in [0.05, 0.1) is 5.75 Å². The first-order valence-electron chi connectivity index (χ1n) is 10.9. The van der Waals surface area contributed by atoms with E-state index in [1.54, 1.807) is 0 Å². The fourth-order valence-corrected chi connectivity index (χ4v) is 4.70. The summed E-state index contributed by atoms with van der Waals surface area (Å²) in [7, 11) is 0. The standard InChI is InChI=1S/C26H22ClN5OS/c27-19-10-12-20(13-11-19)32-25(22-16-29-23-9-5-4-8-21(22)23)30-31-26(32)34-17-24(33)28-15-14-18-6-2-1-3-7-18/h1-13,16,29H,14-15,17H2,(H,28,33). The third-order valence-corrected chi connectivity index (χ3v) is 6.64. The van der Waals surface area contributed by atoms with Gasteiger partial charge in [0, 0.05) is 39.9 Å². The molecular formula is C26H22ClN5OS. The highest BCUT2D eigenvalue weighted by Gasteiger charge is 2.19. The van der Waals surface area contributed by atoms with Crippen molar-refractivity contribution >= 4 is 40.2 Å². The predicted molar refractivity (Wildman–Crippen MR) is 138 cm³/mol. The Morgan fingerprint density at radius 1 is 0.971 bits per heavy atom. The molecule has 6 nitrogen and oxygen atoms in total. The van der Waals surface area contributed by atoms with Crippen LogP contribution in [0.5, 0.6) is 0 Å². The summed E-state index contributed by atoms with van der Waals surface area (Å²) in [6, 6.07) is 25.7. The van der Waals surface area contributed by atoms with Crippen molar-refractivity contribution in [2.75, 3.05) is 12.3 Å². The molecule has 0 aliphatic carbocycles. The fourth-order valence-electron chi connectivity index (χ4n) is 3.79. The van der Waals surface area contributed by atoms with Gasteiger partial charge in [-0.25, -0.2) is 0 Å². The second-order valence-electron chi connectivity index (χ2n) is 7.74. The SMILES string of the molecule is O=C(CSc1nnc(-c2c[nH]c3ccccc23)n1-c1ccc(Cl)cc1)NCCc1ccccc1. The molecule has 0 fully saturated rings. The number of hydrogen-bond acceptors (Lipinski definition) is 4. The summed E-state index contributed by atoms with van der Waals surface area (Å²) in [5.74, 6) is 0.904. The van der Waals surface area contributed by atoms with Crippen molar-refractivity contribution in [2.24, 2.45) is 0 Å². The van der Waals surface area contributed by atoms with Crippen LogP contribution >= 0.6 is 23.4 Å². The molecule has 0 radical (unpaired) electrons. The monoisotopic (exact) mass is 487 g/mol. The molecule has 2 heterocycles. The van der Waals surface area contributed by atoms with Crippen LogP contribution in [-0.4, -0.2) is 38.0 Å². The van der Waals surface area contributed by atoms with Crippen molar-refractivity contribution in [3.05, 3.63) is 95.6 Å². The lowest BCUT2D eigenvalue weighted by atomic mass is 10.1. The van der Waals surface area contributed by atoms with E-state index >= 15 is 0 Å². The van der Waals surface area contributed by atoms with Gasteiger partial charge in [-0.2, -0.15) is 0 Å². The van der Waals surface area contributed by atoms with Crippen molar-refractivity contribution in [2.45, 2.75) is 11.6 Å². The van der Waals surface area contributed by atoms with Gasteiger partial charge in [-0.15, -0.1) is 10.2 Å².